The molecule has 25 heavy (non-hydrogen) atoms. The molecule has 0 aliphatic heterocycles. The van der Waals surface area contributed by atoms with Crippen LogP contribution in [0.3, 0.4) is 0 Å². The lowest BCUT2D eigenvalue weighted by atomic mass is 10.00. The molecule has 0 saturated carbocycles. The number of ether oxygens (including phenoxy) is 3. The average Bonchev–Trinajstić information content (AvgIpc) is 2.62. The zero-order valence-corrected chi connectivity index (χ0v) is 14.4. The van der Waals surface area contributed by atoms with E-state index >= 15 is 0 Å². The summed E-state index contributed by atoms with van der Waals surface area (Å²) in [5.41, 5.74) is 1.93. The summed E-state index contributed by atoms with van der Waals surface area (Å²) in [6.45, 7) is 4.26. The minimum atomic E-state index is -1.09. The van der Waals surface area contributed by atoms with E-state index in [-0.39, 0.29) is 11.3 Å². The highest BCUT2D eigenvalue weighted by Crippen LogP contribution is 2.41. The van der Waals surface area contributed by atoms with Gasteiger partial charge < -0.3 is 19.3 Å². The van der Waals surface area contributed by atoms with Gasteiger partial charge >= 0.3 is 11.9 Å². The Morgan fingerprint density at radius 1 is 0.920 bits per heavy atom. The second kappa shape index (κ2) is 8.19. The molecule has 0 atom stereocenters. The third-order valence-electron chi connectivity index (χ3n) is 3.54. The third-order valence-corrected chi connectivity index (χ3v) is 3.54. The molecule has 6 nitrogen and oxygen atoms in total. The summed E-state index contributed by atoms with van der Waals surface area (Å²) < 4.78 is 15.9. The number of benzene rings is 2. The molecule has 0 radical (unpaired) electrons. The van der Waals surface area contributed by atoms with Crippen LogP contribution < -0.4 is 9.47 Å². The molecule has 0 aliphatic rings. The number of carboxylic acids is 1. The molecule has 1 N–H and O–H groups in total. The van der Waals surface area contributed by atoms with Gasteiger partial charge in [0.05, 0.1) is 25.9 Å². The molecule has 132 valence electrons. The second-order valence-corrected chi connectivity index (χ2v) is 5.06. The van der Waals surface area contributed by atoms with Crippen molar-refractivity contribution in [2.75, 3.05) is 20.3 Å². The van der Waals surface area contributed by atoms with Crippen molar-refractivity contribution in [3.8, 4) is 22.6 Å². The molecular formula is C19H20O6. The van der Waals surface area contributed by atoms with Crippen LogP contribution in [0.15, 0.2) is 36.4 Å². The van der Waals surface area contributed by atoms with Gasteiger partial charge in [0.15, 0.2) is 11.5 Å². The number of carbonyl (C=O) groups excluding carboxylic acids is 1. The maximum absolute atomic E-state index is 11.6. The summed E-state index contributed by atoms with van der Waals surface area (Å²) >= 11 is 0. The number of carboxylic acid groups (broad SMARTS) is 1. The summed E-state index contributed by atoms with van der Waals surface area (Å²) in [7, 11) is 1.32. The van der Waals surface area contributed by atoms with Gasteiger partial charge in [0.2, 0.25) is 0 Å². The largest absolute Gasteiger partial charge is 0.489 e. The van der Waals surface area contributed by atoms with Gasteiger partial charge in [-0.05, 0) is 43.7 Å². The van der Waals surface area contributed by atoms with Crippen molar-refractivity contribution in [2.24, 2.45) is 0 Å². The van der Waals surface area contributed by atoms with Crippen molar-refractivity contribution in [3.63, 3.8) is 0 Å². The minimum Gasteiger partial charge on any atom is -0.489 e. The first-order valence-corrected chi connectivity index (χ1v) is 7.88. The van der Waals surface area contributed by atoms with Gasteiger partial charge in [0, 0.05) is 5.56 Å². The fourth-order valence-corrected chi connectivity index (χ4v) is 2.44. The van der Waals surface area contributed by atoms with Gasteiger partial charge in [-0.25, -0.2) is 9.59 Å². The van der Waals surface area contributed by atoms with Crippen LogP contribution in [0, 0.1) is 0 Å². The molecule has 2 aromatic rings. The van der Waals surface area contributed by atoms with E-state index in [4.69, 9.17) is 9.47 Å². The summed E-state index contributed by atoms with van der Waals surface area (Å²) in [5.74, 6) is -0.939. The van der Waals surface area contributed by atoms with Crippen LogP contribution in [0.1, 0.15) is 34.6 Å². The van der Waals surface area contributed by atoms with Crippen LogP contribution in [0.5, 0.6) is 11.5 Å². The number of carbonyl (C=O) groups is 2. The quantitative estimate of drug-likeness (QED) is 0.772. The van der Waals surface area contributed by atoms with Crippen LogP contribution in [0.4, 0.5) is 0 Å². The Labute approximate surface area is 146 Å². The molecule has 0 aliphatic carbocycles. The number of methoxy groups -OCH3 is 1. The summed E-state index contributed by atoms with van der Waals surface area (Å²) in [6, 6.07) is 9.94. The maximum Gasteiger partial charge on any atom is 0.339 e. The zero-order chi connectivity index (χ0) is 18.4. The fraction of sp³-hybridized carbons (Fsp3) is 0.263. The molecule has 0 aromatic heterocycles. The van der Waals surface area contributed by atoms with Gasteiger partial charge in [0.25, 0.3) is 0 Å². The molecule has 2 aromatic carbocycles. The van der Waals surface area contributed by atoms with Gasteiger partial charge in [0.1, 0.15) is 5.56 Å². The van der Waals surface area contributed by atoms with E-state index in [2.05, 4.69) is 4.74 Å². The Morgan fingerprint density at radius 3 is 2.04 bits per heavy atom. The van der Waals surface area contributed by atoms with Crippen molar-refractivity contribution in [1.29, 1.82) is 0 Å². The Kier molecular flexibility index (Phi) is 6.00. The van der Waals surface area contributed by atoms with E-state index in [9.17, 15) is 14.7 Å². The van der Waals surface area contributed by atoms with E-state index in [1.807, 2.05) is 6.92 Å². The number of aromatic carboxylic acids is 1. The molecular weight excluding hydrogens is 324 g/mol. The first kappa shape index (κ1) is 18.3. The third kappa shape index (κ3) is 3.91. The van der Waals surface area contributed by atoms with Crippen molar-refractivity contribution in [1.82, 2.24) is 0 Å². The molecule has 0 saturated heterocycles. The maximum atomic E-state index is 11.6. The second-order valence-electron chi connectivity index (χ2n) is 5.06. The summed E-state index contributed by atoms with van der Waals surface area (Å²) in [5, 5.41) is 9.38. The Balaban J connectivity index is 2.58. The molecule has 0 spiro atoms. The molecule has 0 fully saturated rings. The predicted molar refractivity (Wildman–Crippen MR) is 92.5 cm³/mol. The zero-order valence-electron chi connectivity index (χ0n) is 14.4. The van der Waals surface area contributed by atoms with E-state index in [1.165, 1.54) is 13.2 Å². The molecule has 0 amide bonds. The van der Waals surface area contributed by atoms with E-state index in [1.54, 1.807) is 37.3 Å². The number of hydrogen-bond donors (Lipinski definition) is 1. The minimum absolute atomic E-state index is 0.0419. The van der Waals surface area contributed by atoms with Crippen molar-refractivity contribution >= 4 is 11.9 Å². The lowest BCUT2D eigenvalue weighted by Crippen LogP contribution is -2.07. The van der Waals surface area contributed by atoms with Crippen LogP contribution >= 0.6 is 0 Å². The highest BCUT2D eigenvalue weighted by molar-refractivity contribution is 5.95. The Morgan fingerprint density at radius 2 is 1.52 bits per heavy atom. The van der Waals surface area contributed by atoms with Crippen molar-refractivity contribution < 1.29 is 28.9 Å². The van der Waals surface area contributed by atoms with Gasteiger partial charge in [-0.3, -0.25) is 0 Å². The monoisotopic (exact) mass is 344 g/mol. The lowest BCUT2D eigenvalue weighted by Gasteiger charge is -2.17. The lowest BCUT2D eigenvalue weighted by molar-refractivity contribution is 0.0599. The molecule has 0 bridgehead atoms. The number of hydrogen-bond acceptors (Lipinski definition) is 5. The highest BCUT2D eigenvalue weighted by atomic mass is 16.5. The number of rotatable bonds is 7. The van der Waals surface area contributed by atoms with Crippen molar-refractivity contribution in [2.45, 2.75) is 13.8 Å². The standard InChI is InChI=1S/C19H20O6/c1-4-24-16-14(10-11-15(18(20)21)17(16)25-5-2)12-6-8-13(9-7-12)19(22)23-3/h6-11H,4-5H2,1-3H3,(H,20,21). The SMILES string of the molecule is CCOc1c(C(=O)O)ccc(-c2ccc(C(=O)OC)cc2)c1OCC. The van der Waals surface area contributed by atoms with Gasteiger partial charge in [-0.1, -0.05) is 12.1 Å². The molecule has 0 heterocycles. The number of esters is 1. The van der Waals surface area contributed by atoms with Crippen LogP contribution in [0.2, 0.25) is 0 Å². The fourth-order valence-electron chi connectivity index (χ4n) is 2.44. The Bertz CT molecular complexity index is 764. The highest BCUT2D eigenvalue weighted by Gasteiger charge is 2.21. The van der Waals surface area contributed by atoms with Crippen LogP contribution in [-0.2, 0) is 4.74 Å². The van der Waals surface area contributed by atoms with E-state index in [0.717, 1.165) is 5.56 Å². The molecule has 0 unspecified atom stereocenters. The average molecular weight is 344 g/mol. The van der Waals surface area contributed by atoms with E-state index < -0.39 is 11.9 Å². The van der Waals surface area contributed by atoms with Gasteiger partial charge in [-0.2, -0.15) is 0 Å². The predicted octanol–water partition coefficient (Wildman–Crippen LogP) is 3.64. The Hall–Kier alpha value is -3.02. The first-order chi connectivity index (χ1) is 12.0. The van der Waals surface area contributed by atoms with Gasteiger partial charge in [-0.15, -0.1) is 0 Å². The summed E-state index contributed by atoms with van der Waals surface area (Å²) in [6.07, 6.45) is 0. The summed E-state index contributed by atoms with van der Waals surface area (Å²) in [4.78, 5) is 23.0. The molecule has 6 heteroatoms. The van der Waals surface area contributed by atoms with Crippen LogP contribution in [0.25, 0.3) is 11.1 Å². The van der Waals surface area contributed by atoms with Crippen molar-refractivity contribution in [3.05, 3.63) is 47.5 Å². The first-order valence-electron chi connectivity index (χ1n) is 7.88. The molecule has 2 rings (SSSR count). The van der Waals surface area contributed by atoms with E-state index in [0.29, 0.717) is 30.1 Å². The topological polar surface area (TPSA) is 82.1 Å². The van der Waals surface area contributed by atoms with Crippen LogP contribution in [-0.4, -0.2) is 37.4 Å². The smallest absolute Gasteiger partial charge is 0.339 e. The normalized spacial score (nSPS) is 10.2.